The van der Waals surface area contributed by atoms with Crippen LogP contribution in [-0.2, 0) is 11.0 Å². The minimum absolute atomic E-state index is 0.220. The molecule has 0 aliphatic heterocycles. The van der Waals surface area contributed by atoms with Crippen molar-refractivity contribution >= 4 is 23.2 Å². The monoisotopic (exact) mass is 658 g/mol. The van der Waals surface area contributed by atoms with Gasteiger partial charge in [-0.25, -0.2) is 0 Å². The lowest BCUT2D eigenvalue weighted by Crippen LogP contribution is -2.55. The highest BCUT2D eigenvalue weighted by molar-refractivity contribution is 6.32. The molecule has 13 rings (SSSR count). The number of benzene rings is 4. The molecular formula is C44H44Cl2O. The Morgan fingerprint density at radius 1 is 0.447 bits per heavy atom. The second kappa shape index (κ2) is 10.7. The van der Waals surface area contributed by atoms with Crippen molar-refractivity contribution in [2.24, 2.45) is 47.3 Å². The number of halogens is 2. The van der Waals surface area contributed by atoms with Crippen LogP contribution >= 0.6 is 23.2 Å². The number of aliphatic hydroxyl groups is 1. The van der Waals surface area contributed by atoms with Gasteiger partial charge in [-0.05, 0) is 157 Å². The SMILES string of the molecule is Clc1cccc2c1C1(c3ccccc3-2)C2CC3CC(C2)CC1C3.OC1(c2c(Cl)cccc2-c2ccccc2)C2CC3CC(C2)CC1C3. The van der Waals surface area contributed by atoms with E-state index in [1.807, 2.05) is 18.2 Å². The van der Waals surface area contributed by atoms with Gasteiger partial charge in [0.25, 0.3) is 0 Å². The number of hydrogen-bond acceptors (Lipinski definition) is 1. The minimum Gasteiger partial charge on any atom is -0.385 e. The fourth-order valence-electron chi connectivity index (χ4n) is 13.3. The Hall–Kier alpha value is -2.58. The summed E-state index contributed by atoms with van der Waals surface area (Å²) in [5.41, 5.74) is 8.67. The normalized spacial score (nSPS) is 37.9. The van der Waals surface area contributed by atoms with Gasteiger partial charge in [-0.15, -0.1) is 0 Å². The van der Waals surface area contributed by atoms with Crippen molar-refractivity contribution in [3.05, 3.63) is 118 Å². The Bertz CT molecular complexity index is 1800. The Labute approximate surface area is 289 Å². The molecule has 8 bridgehead atoms. The Balaban J connectivity index is 0.000000121. The summed E-state index contributed by atoms with van der Waals surface area (Å²) < 4.78 is 0. The van der Waals surface area contributed by atoms with Crippen LogP contribution in [0.15, 0.2) is 91.0 Å². The van der Waals surface area contributed by atoms with Gasteiger partial charge in [0.2, 0.25) is 0 Å². The average Bonchev–Trinajstić information content (AvgIpc) is 3.38. The van der Waals surface area contributed by atoms with Crippen molar-refractivity contribution in [2.75, 3.05) is 0 Å². The molecule has 0 aromatic heterocycles. The van der Waals surface area contributed by atoms with Crippen LogP contribution in [0.1, 0.15) is 80.9 Å². The maximum Gasteiger partial charge on any atom is 0.0973 e. The topological polar surface area (TPSA) is 20.2 Å². The summed E-state index contributed by atoms with van der Waals surface area (Å²) >= 11 is 13.5. The van der Waals surface area contributed by atoms with E-state index in [1.165, 1.54) is 80.9 Å². The van der Waals surface area contributed by atoms with Crippen molar-refractivity contribution in [1.82, 2.24) is 0 Å². The molecule has 1 N–H and O–H groups in total. The van der Waals surface area contributed by atoms with Crippen molar-refractivity contribution < 1.29 is 5.11 Å². The summed E-state index contributed by atoms with van der Waals surface area (Å²) in [4.78, 5) is 0. The van der Waals surface area contributed by atoms with Crippen molar-refractivity contribution in [3.8, 4) is 22.3 Å². The lowest BCUT2D eigenvalue weighted by Gasteiger charge is -2.61. The number of hydrogen-bond donors (Lipinski definition) is 1. The van der Waals surface area contributed by atoms with Gasteiger partial charge in [0, 0.05) is 21.0 Å². The first-order valence-corrected chi connectivity index (χ1v) is 19.2. The summed E-state index contributed by atoms with van der Waals surface area (Å²) in [6.45, 7) is 0. The molecule has 0 unspecified atom stereocenters. The van der Waals surface area contributed by atoms with Crippen LogP contribution < -0.4 is 0 Å². The largest absolute Gasteiger partial charge is 0.385 e. The van der Waals surface area contributed by atoms with Gasteiger partial charge in [-0.2, -0.15) is 0 Å². The van der Waals surface area contributed by atoms with Crippen LogP contribution in [0.4, 0.5) is 0 Å². The van der Waals surface area contributed by atoms with Gasteiger partial charge in [0.1, 0.15) is 0 Å². The molecule has 3 heteroatoms. The molecule has 0 saturated heterocycles. The third-order valence-electron chi connectivity index (χ3n) is 14.4. The molecule has 8 saturated carbocycles. The van der Waals surface area contributed by atoms with E-state index in [2.05, 4.69) is 72.8 Å². The molecule has 4 aromatic rings. The van der Waals surface area contributed by atoms with E-state index >= 15 is 0 Å². The summed E-state index contributed by atoms with van der Waals surface area (Å²) in [5, 5.41) is 13.7. The molecule has 0 amide bonds. The van der Waals surface area contributed by atoms with E-state index in [0.717, 1.165) is 62.2 Å². The molecule has 1 spiro atoms. The molecule has 9 aliphatic rings. The summed E-state index contributed by atoms with van der Waals surface area (Å²) in [6.07, 6.45) is 13.3. The van der Waals surface area contributed by atoms with Crippen LogP contribution in [0.2, 0.25) is 10.0 Å². The van der Waals surface area contributed by atoms with Gasteiger partial charge in [-0.1, -0.05) is 102 Å². The number of fused-ring (bicyclic) bond motifs is 3. The fourth-order valence-corrected chi connectivity index (χ4v) is 13.9. The molecule has 0 atom stereocenters. The Kier molecular flexibility index (Phi) is 6.69. The zero-order chi connectivity index (χ0) is 31.5. The molecule has 0 radical (unpaired) electrons. The molecule has 47 heavy (non-hydrogen) atoms. The minimum atomic E-state index is -0.753. The standard InChI is InChI=1S/C22H23ClO.C22H21Cl/c23-20-8-4-7-19(16-5-2-1-3-6-16)21(20)22(24)17-10-14-9-15(12-17)13-18(22)11-14;23-20-7-3-5-18-17-4-1-2-6-19(17)22(21(18)20)15-9-13-8-14(11-15)12-16(22)10-13/h1-8,14-15,17-18,24H,9-13H2;1-7,13-16H,8-12H2. The molecule has 240 valence electrons. The van der Waals surface area contributed by atoms with Gasteiger partial charge < -0.3 is 5.11 Å². The first kappa shape index (κ1) is 29.3. The van der Waals surface area contributed by atoms with E-state index in [0.29, 0.717) is 11.8 Å². The zero-order valence-electron chi connectivity index (χ0n) is 27.1. The lowest BCUT2D eigenvalue weighted by atomic mass is 9.43. The van der Waals surface area contributed by atoms with Gasteiger partial charge in [0.05, 0.1) is 5.60 Å². The van der Waals surface area contributed by atoms with Gasteiger partial charge in [0.15, 0.2) is 0 Å². The molecule has 9 aliphatic carbocycles. The van der Waals surface area contributed by atoms with Crippen molar-refractivity contribution in [2.45, 2.75) is 75.2 Å². The molecule has 1 nitrogen and oxygen atoms in total. The quantitative estimate of drug-likeness (QED) is 0.227. The van der Waals surface area contributed by atoms with Crippen molar-refractivity contribution in [1.29, 1.82) is 0 Å². The first-order valence-electron chi connectivity index (χ1n) is 18.4. The lowest BCUT2D eigenvalue weighted by molar-refractivity contribution is -0.179. The van der Waals surface area contributed by atoms with Gasteiger partial charge >= 0.3 is 0 Å². The Morgan fingerprint density at radius 3 is 1.51 bits per heavy atom. The second-order valence-corrected chi connectivity index (χ2v) is 17.4. The highest BCUT2D eigenvalue weighted by atomic mass is 35.5. The van der Waals surface area contributed by atoms with E-state index < -0.39 is 5.60 Å². The summed E-state index contributed by atoms with van der Waals surface area (Å²) in [6, 6.07) is 32.2. The van der Waals surface area contributed by atoms with E-state index in [-0.39, 0.29) is 5.41 Å². The van der Waals surface area contributed by atoms with E-state index in [1.54, 1.807) is 5.56 Å². The Morgan fingerprint density at radius 2 is 0.915 bits per heavy atom. The molecule has 8 fully saturated rings. The van der Waals surface area contributed by atoms with E-state index in [4.69, 9.17) is 23.2 Å². The third kappa shape index (κ3) is 4.12. The van der Waals surface area contributed by atoms with Crippen molar-refractivity contribution in [3.63, 3.8) is 0 Å². The highest BCUT2D eigenvalue weighted by Crippen LogP contribution is 2.70. The maximum atomic E-state index is 12.0. The van der Waals surface area contributed by atoms with E-state index in [9.17, 15) is 5.11 Å². The summed E-state index contributed by atoms with van der Waals surface area (Å²) in [7, 11) is 0. The number of rotatable bonds is 2. The summed E-state index contributed by atoms with van der Waals surface area (Å²) in [5.74, 6) is 5.99. The smallest absolute Gasteiger partial charge is 0.0973 e. The van der Waals surface area contributed by atoms with Crippen LogP contribution in [0, 0.1) is 47.3 Å². The maximum absolute atomic E-state index is 12.0. The van der Waals surface area contributed by atoms with Crippen LogP contribution in [0.5, 0.6) is 0 Å². The van der Waals surface area contributed by atoms with Crippen LogP contribution in [-0.4, -0.2) is 5.11 Å². The second-order valence-electron chi connectivity index (χ2n) is 16.5. The first-order chi connectivity index (χ1) is 22.9. The van der Waals surface area contributed by atoms with Gasteiger partial charge in [-0.3, -0.25) is 0 Å². The predicted molar refractivity (Wildman–Crippen MR) is 193 cm³/mol. The zero-order valence-corrected chi connectivity index (χ0v) is 28.6. The molecular weight excluding hydrogens is 615 g/mol. The highest BCUT2D eigenvalue weighted by Gasteiger charge is 2.62. The fraction of sp³-hybridized carbons (Fsp3) is 0.455. The molecule has 4 aromatic carbocycles. The third-order valence-corrected chi connectivity index (χ3v) is 15.0. The average molecular weight is 660 g/mol. The van der Waals surface area contributed by atoms with Crippen LogP contribution in [0.25, 0.3) is 22.3 Å². The molecule has 0 heterocycles. The van der Waals surface area contributed by atoms with Crippen LogP contribution in [0.3, 0.4) is 0 Å². The predicted octanol–water partition coefficient (Wildman–Crippen LogP) is 11.7.